The molecule has 2 aromatic rings. The monoisotopic (exact) mass is 429 g/mol. The van der Waals surface area contributed by atoms with Crippen LogP contribution in [0.3, 0.4) is 0 Å². The molecule has 1 saturated carbocycles. The lowest BCUT2D eigenvalue weighted by atomic mass is 9.64. The van der Waals surface area contributed by atoms with E-state index >= 15 is 0 Å². The zero-order valence-corrected chi connectivity index (χ0v) is 17.0. The van der Waals surface area contributed by atoms with Crippen molar-refractivity contribution in [1.82, 2.24) is 4.90 Å². The Bertz CT molecular complexity index is 978. The lowest BCUT2D eigenvalue weighted by Gasteiger charge is -2.44. The van der Waals surface area contributed by atoms with Gasteiger partial charge in [0.2, 0.25) is 11.8 Å². The van der Waals surface area contributed by atoms with Gasteiger partial charge in [0.25, 0.3) is 0 Å². The van der Waals surface area contributed by atoms with Crippen LogP contribution in [0.25, 0.3) is 0 Å². The van der Waals surface area contributed by atoms with Crippen molar-refractivity contribution in [3.05, 3.63) is 52.2 Å². The van der Waals surface area contributed by atoms with Gasteiger partial charge in [0.15, 0.2) is 5.79 Å². The van der Waals surface area contributed by atoms with Gasteiger partial charge < -0.3 is 20.1 Å². The van der Waals surface area contributed by atoms with Gasteiger partial charge in [-0.15, -0.1) is 11.3 Å². The van der Waals surface area contributed by atoms with Crippen molar-refractivity contribution in [2.24, 2.45) is 23.7 Å². The molecule has 1 aliphatic carbocycles. The van der Waals surface area contributed by atoms with Crippen LogP contribution in [0.15, 0.2) is 41.8 Å². The lowest BCUT2D eigenvalue weighted by molar-refractivity contribution is -0.274. The largest absolute Gasteiger partial charge is 0.508 e. The van der Waals surface area contributed by atoms with Gasteiger partial charge in [0.05, 0.1) is 31.1 Å². The highest BCUT2D eigenvalue weighted by molar-refractivity contribution is 7.09. The summed E-state index contributed by atoms with van der Waals surface area (Å²) < 4.78 is 6.03. The van der Waals surface area contributed by atoms with Crippen molar-refractivity contribution in [1.29, 1.82) is 0 Å². The first-order valence-electron chi connectivity index (χ1n) is 10.1. The number of hydrogen-bond acceptors (Lipinski definition) is 7. The molecule has 7 nitrogen and oxygen atoms in total. The van der Waals surface area contributed by atoms with Crippen molar-refractivity contribution in [2.75, 3.05) is 6.61 Å². The molecule has 158 valence electrons. The minimum atomic E-state index is -1.69. The Balaban J connectivity index is 1.48. The van der Waals surface area contributed by atoms with Gasteiger partial charge in [-0.25, -0.2) is 0 Å². The topological polar surface area (TPSA) is 107 Å². The molecule has 6 atom stereocenters. The van der Waals surface area contributed by atoms with E-state index in [9.17, 15) is 24.9 Å². The van der Waals surface area contributed by atoms with E-state index in [1.807, 2.05) is 17.5 Å². The molecule has 3 fully saturated rings. The molecule has 0 unspecified atom stereocenters. The van der Waals surface area contributed by atoms with E-state index in [2.05, 4.69) is 0 Å². The third kappa shape index (κ3) is 2.90. The second-order valence-corrected chi connectivity index (χ2v) is 9.42. The molecule has 1 aromatic heterocycles. The summed E-state index contributed by atoms with van der Waals surface area (Å²) in [5.41, 5.74) is 0.693. The fourth-order valence-corrected chi connectivity index (χ4v) is 6.10. The Hall–Kier alpha value is -2.26. The molecule has 0 radical (unpaired) electrons. The predicted molar refractivity (Wildman–Crippen MR) is 107 cm³/mol. The van der Waals surface area contributed by atoms with Crippen molar-refractivity contribution in [3.63, 3.8) is 0 Å². The molecular formula is C22H23NO6S. The molecule has 3 N–H and O–H groups in total. The zero-order chi connectivity index (χ0) is 21.0. The number of phenolic OH excluding ortho intramolecular Hbond substituents is 1. The Morgan fingerprint density at radius 1 is 1.17 bits per heavy atom. The quantitative estimate of drug-likeness (QED) is 0.642. The second kappa shape index (κ2) is 7.16. The Morgan fingerprint density at radius 2 is 2.00 bits per heavy atom. The molecule has 0 spiro atoms. The van der Waals surface area contributed by atoms with Crippen LogP contribution < -0.4 is 0 Å². The number of fused-ring (bicyclic) bond motifs is 3. The standard InChI is InChI=1S/C22H23NO6S/c24-11-13-8-16-19(21(27)23(20(16)26)10-15-5-2-6-30-15)17-9-18(29-22(13,17)28)12-3-1-4-14(25)7-12/h1-7,13,16-19,24-25,28H,8-11H2/t13-,16+,17+,18+,19+,22-/m1/s1. The van der Waals surface area contributed by atoms with E-state index in [0.717, 1.165) is 4.88 Å². The smallest absolute Gasteiger partial charge is 0.233 e. The van der Waals surface area contributed by atoms with Crippen LogP contribution >= 0.6 is 11.3 Å². The number of hydrogen-bond donors (Lipinski definition) is 3. The molecule has 2 amide bonds. The SMILES string of the molecule is O=C1[C@H]2[C@H](C[C@H](CO)[C@@]3(O)O[C@H](c4cccc(O)c4)C[C@@H]23)C(=O)N1Cc1cccs1. The number of aromatic hydroxyl groups is 1. The fraction of sp³-hybridized carbons (Fsp3) is 0.455. The number of amides is 2. The summed E-state index contributed by atoms with van der Waals surface area (Å²) in [6, 6.07) is 10.4. The van der Waals surface area contributed by atoms with Crippen LogP contribution in [0.4, 0.5) is 0 Å². The zero-order valence-electron chi connectivity index (χ0n) is 16.2. The Kier molecular flexibility index (Phi) is 4.70. The summed E-state index contributed by atoms with van der Waals surface area (Å²) in [5.74, 6) is -4.63. The van der Waals surface area contributed by atoms with Gasteiger partial charge in [-0.05, 0) is 42.0 Å². The summed E-state index contributed by atoms with van der Waals surface area (Å²) in [6.07, 6.45) is 0.00442. The summed E-state index contributed by atoms with van der Waals surface area (Å²) in [4.78, 5) is 28.6. The van der Waals surface area contributed by atoms with Gasteiger partial charge in [-0.1, -0.05) is 18.2 Å². The number of likely N-dealkylation sites (tertiary alicyclic amines) is 1. The third-order valence-electron chi connectivity index (χ3n) is 6.81. The van der Waals surface area contributed by atoms with Crippen molar-refractivity contribution < 1.29 is 29.6 Å². The van der Waals surface area contributed by atoms with Crippen LogP contribution in [0.2, 0.25) is 0 Å². The number of nitrogens with zero attached hydrogens (tertiary/aromatic N) is 1. The Labute approximate surface area is 177 Å². The van der Waals surface area contributed by atoms with Crippen LogP contribution in [0, 0.1) is 23.7 Å². The predicted octanol–water partition coefficient (Wildman–Crippen LogP) is 2.03. The number of imide groups is 1. The number of carbonyl (C=O) groups is 2. The number of ether oxygens (including phenoxy) is 1. The minimum absolute atomic E-state index is 0.0868. The summed E-state index contributed by atoms with van der Waals surface area (Å²) in [6.45, 7) is -0.108. The first-order chi connectivity index (χ1) is 14.4. The van der Waals surface area contributed by atoms with Crippen molar-refractivity contribution >= 4 is 23.2 Å². The first kappa shape index (κ1) is 19.7. The van der Waals surface area contributed by atoms with Crippen LogP contribution in [0.1, 0.15) is 29.4 Å². The van der Waals surface area contributed by atoms with Gasteiger partial charge in [-0.2, -0.15) is 0 Å². The van der Waals surface area contributed by atoms with Gasteiger partial charge >= 0.3 is 0 Å². The molecule has 0 bridgehead atoms. The van der Waals surface area contributed by atoms with E-state index in [4.69, 9.17) is 4.74 Å². The number of benzene rings is 1. The van der Waals surface area contributed by atoms with E-state index < -0.39 is 35.6 Å². The Morgan fingerprint density at radius 3 is 2.70 bits per heavy atom. The van der Waals surface area contributed by atoms with E-state index in [-0.39, 0.29) is 37.1 Å². The molecular weight excluding hydrogens is 406 g/mol. The van der Waals surface area contributed by atoms with Crippen LogP contribution in [-0.4, -0.2) is 44.4 Å². The maximum absolute atomic E-state index is 13.3. The first-order valence-corrected chi connectivity index (χ1v) is 11.0. The fourth-order valence-electron chi connectivity index (χ4n) is 5.40. The number of rotatable bonds is 4. The number of phenols is 1. The molecule has 3 aliphatic rings. The second-order valence-electron chi connectivity index (χ2n) is 8.38. The molecule has 2 aliphatic heterocycles. The summed E-state index contributed by atoms with van der Waals surface area (Å²) in [5, 5.41) is 33.1. The van der Waals surface area contributed by atoms with Crippen LogP contribution in [0.5, 0.6) is 5.75 Å². The molecule has 5 rings (SSSR count). The molecule has 1 aromatic carbocycles. The number of carbonyl (C=O) groups excluding carboxylic acids is 2. The van der Waals surface area contributed by atoms with Gasteiger partial charge in [-0.3, -0.25) is 14.5 Å². The average Bonchev–Trinajstić information content (AvgIpc) is 3.42. The summed E-state index contributed by atoms with van der Waals surface area (Å²) in [7, 11) is 0. The van der Waals surface area contributed by atoms with Crippen molar-refractivity contribution in [3.8, 4) is 5.75 Å². The maximum Gasteiger partial charge on any atom is 0.233 e. The van der Waals surface area contributed by atoms with Crippen molar-refractivity contribution in [2.45, 2.75) is 31.3 Å². The number of aliphatic hydroxyl groups is 2. The van der Waals surface area contributed by atoms with E-state index in [1.54, 1.807) is 24.3 Å². The van der Waals surface area contributed by atoms with Gasteiger partial charge in [0, 0.05) is 16.7 Å². The lowest BCUT2D eigenvalue weighted by Crippen LogP contribution is -2.54. The molecule has 8 heteroatoms. The minimum Gasteiger partial charge on any atom is -0.508 e. The molecule has 2 saturated heterocycles. The third-order valence-corrected chi connectivity index (χ3v) is 7.67. The average molecular weight is 429 g/mol. The van der Waals surface area contributed by atoms with Crippen LogP contribution in [-0.2, 0) is 20.9 Å². The number of aliphatic hydroxyl groups excluding tert-OH is 1. The summed E-state index contributed by atoms with van der Waals surface area (Å²) >= 11 is 1.49. The van der Waals surface area contributed by atoms with Gasteiger partial charge in [0.1, 0.15) is 5.75 Å². The highest BCUT2D eigenvalue weighted by Gasteiger charge is 2.66. The number of thiophene rings is 1. The van der Waals surface area contributed by atoms with E-state index in [0.29, 0.717) is 12.0 Å². The highest BCUT2D eigenvalue weighted by atomic mass is 32.1. The highest BCUT2D eigenvalue weighted by Crippen LogP contribution is 2.58. The molecule has 3 heterocycles. The molecule has 30 heavy (non-hydrogen) atoms. The van der Waals surface area contributed by atoms with E-state index in [1.165, 1.54) is 16.2 Å². The maximum atomic E-state index is 13.3. The normalized spacial score (nSPS) is 35.5.